The Morgan fingerprint density at radius 1 is 0.451 bits per heavy atom. The van der Waals surface area contributed by atoms with E-state index in [2.05, 4.69) is 151 Å². The molecule has 0 fully saturated rings. The number of quaternary nitrogens is 3. The highest BCUT2D eigenvalue weighted by Crippen LogP contribution is 2.23. The monoisotopic (exact) mass is 1660 g/mol. The van der Waals surface area contributed by atoms with E-state index in [1.807, 2.05) is 0 Å². The number of alkyl halides is 1. The van der Waals surface area contributed by atoms with Crippen molar-refractivity contribution in [2.75, 3.05) is 207 Å². The molecule has 0 radical (unpaired) electrons. The van der Waals surface area contributed by atoms with Gasteiger partial charge in [-0.15, -0.1) is 0 Å². The van der Waals surface area contributed by atoms with Crippen molar-refractivity contribution in [3.8, 4) is 0 Å². The molecular weight excluding hydrogens is 1540 g/mol. The van der Waals surface area contributed by atoms with Crippen LogP contribution in [0.2, 0.25) is 0 Å². The number of carbonyl (C=O) groups is 9. The van der Waals surface area contributed by atoms with Crippen molar-refractivity contribution in [2.45, 2.75) is 132 Å². The normalized spacial score (nSPS) is 11.7. The lowest BCUT2D eigenvalue weighted by molar-refractivity contribution is -0.870. The third kappa shape index (κ3) is 39.0. The minimum absolute atomic E-state index is 0.0206. The van der Waals surface area contributed by atoms with Gasteiger partial charge in [0.25, 0.3) is 0 Å². The van der Waals surface area contributed by atoms with Crippen LogP contribution >= 0.6 is 15.9 Å². The number of rotatable bonds is 36. The molecule has 113 heavy (non-hydrogen) atoms. The number of imidazole rings is 3. The van der Waals surface area contributed by atoms with Crippen LogP contribution in [0, 0.1) is 0 Å². The van der Waals surface area contributed by atoms with Gasteiger partial charge in [-0.2, -0.15) is 29.9 Å². The molecule has 0 bridgehead atoms. The van der Waals surface area contributed by atoms with Gasteiger partial charge in [-0.25, -0.2) is 29.3 Å². The average Bonchev–Trinajstić information content (AvgIpc) is 1.67. The second kappa shape index (κ2) is 44.6. The second-order valence-electron chi connectivity index (χ2n) is 31.8. The maximum Gasteiger partial charge on any atom is 0.407 e. The minimum Gasteiger partial charge on any atom is -0.480 e. The van der Waals surface area contributed by atoms with Crippen LogP contribution in [0.4, 0.5) is 49.7 Å². The van der Waals surface area contributed by atoms with Gasteiger partial charge in [0.05, 0.1) is 115 Å². The summed E-state index contributed by atoms with van der Waals surface area (Å²) in [4.78, 5) is 151. The molecule has 0 spiro atoms. The lowest BCUT2D eigenvalue weighted by atomic mass is 10.2. The zero-order valence-corrected chi connectivity index (χ0v) is 71.0. The first kappa shape index (κ1) is 96.6. The third-order valence-electron chi connectivity index (χ3n) is 14.7. The van der Waals surface area contributed by atoms with Crippen LogP contribution in [0.15, 0.2) is 19.0 Å². The summed E-state index contributed by atoms with van der Waals surface area (Å²) >= 11 is 3.39. The maximum atomic E-state index is 13.2. The molecule has 0 saturated carbocycles. The number of nitrogen functional groups attached to an aromatic ring is 4. The number of ether oxygens (including phenoxy) is 5. The van der Waals surface area contributed by atoms with Gasteiger partial charge in [0.2, 0.25) is 35.6 Å². The molecule has 6 rings (SSSR count). The Kier molecular flexibility index (Phi) is 38.2. The Bertz CT molecular complexity index is 4090. The van der Waals surface area contributed by atoms with Gasteiger partial charge in [0.1, 0.15) is 61.6 Å². The van der Waals surface area contributed by atoms with Gasteiger partial charge in [0.15, 0.2) is 45.4 Å². The molecule has 0 unspecified atom stereocenters. The van der Waals surface area contributed by atoms with E-state index >= 15 is 0 Å². The molecule has 43 heteroatoms. The highest BCUT2D eigenvalue weighted by atomic mass is 79.9. The van der Waals surface area contributed by atoms with Crippen molar-refractivity contribution in [2.24, 2.45) is 0 Å². The molecular formula is C70H123BrN27O15+3. The summed E-state index contributed by atoms with van der Waals surface area (Å²) < 4.78 is 32.7. The summed E-state index contributed by atoms with van der Waals surface area (Å²) in [5.74, 6) is -2.53. The lowest BCUT2D eigenvalue weighted by Gasteiger charge is -2.23. The quantitative estimate of drug-likeness (QED) is 0.00888. The molecule has 0 aromatic carbocycles. The van der Waals surface area contributed by atoms with Crippen molar-refractivity contribution in [3.05, 3.63) is 19.0 Å². The first-order valence-electron chi connectivity index (χ1n) is 36.8. The Labute approximate surface area is 668 Å². The molecule has 0 aliphatic carbocycles. The van der Waals surface area contributed by atoms with Gasteiger partial charge in [0, 0.05) is 77.0 Å². The fourth-order valence-corrected chi connectivity index (χ4v) is 10.1. The summed E-state index contributed by atoms with van der Waals surface area (Å²) in [6.07, 6.45) is 5.48. The van der Waals surface area contributed by atoms with Gasteiger partial charge in [-0.3, -0.25) is 28.8 Å². The van der Waals surface area contributed by atoms with Crippen LogP contribution in [-0.4, -0.2) is 336 Å². The first-order chi connectivity index (χ1) is 52.4. The number of carboxylic acid groups (broad SMARTS) is 1. The van der Waals surface area contributed by atoms with Crippen molar-refractivity contribution < 1.29 is 85.4 Å². The molecule has 6 aromatic rings. The van der Waals surface area contributed by atoms with Crippen LogP contribution in [0.5, 0.6) is 0 Å². The zero-order valence-electron chi connectivity index (χ0n) is 69.4. The van der Waals surface area contributed by atoms with Crippen molar-refractivity contribution in [1.82, 2.24) is 89.2 Å². The number of nitrogens with zero attached hydrogens (tertiary/aromatic N) is 18. The van der Waals surface area contributed by atoms with Crippen molar-refractivity contribution in [3.63, 3.8) is 0 Å². The van der Waals surface area contributed by atoms with E-state index in [4.69, 9.17) is 46.6 Å². The summed E-state index contributed by atoms with van der Waals surface area (Å²) in [6, 6.07) is 0. The van der Waals surface area contributed by atoms with Gasteiger partial charge < -0.3 is 120 Å². The standard InChI is InChI=1S/C24H41N9O5.C22H37N9O5.C18H28N8O5.C6H15BrN/c1-8-37-18(35)15-31(12-11-27-23(36)38-24(2,3)4)17(34)14-32-16-28-19-20(29-22(25)30-21(19)32)26-10-9-13-33(5,6)7;1-22(2,3)36-21(35)25-9-10-29(13-16(33)34)15(32)12-30-14-26-17-18(27-20(23)28-19(17)30)24-8-7-11-31(4,5)6;1-5-30-12(28)9-25(7-6-21-17(29)31-18(2,3)4)11(27)8-26-10-22-13-14(19)23-16(20)24-15(13)26;1-8(2,3)6-4-5-7/h16H,8-15H2,1-7H3,(H3-,25,26,27,29,30,36);14H,7-13H2,1-6H3,(H4-,23,24,25,27,28,33,34,35);10H,5-9H2,1-4H3,(H,21,29)(H4,19,20,23,24);4-6H2,1-3H3/q;;;+1/p+2. The van der Waals surface area contributed by atoms with E-state index in [1.54, 1.807) is 80.7 Å². The van der Waals surface area contributed by atoms with Gasteiger partial charge >= 0.3 is 36.2 Å². The first-order valence-corrected chi connectivity index (χ1v) is 37.9. The fourth-order valence-electron chi connectivity index (χ4n) is 9.88. The Morgan fingerprint density at radius 3 is 1.04 bits per heavy atom. The summed E-state index contributed by atoms with van der Waals surface area (Å²) in [5, 5.41) is 24.5. The van der Waals surface area contributed by atoms with E-state index < -0.39 is 77.3 Å². The number of esters is 2. The average molecular weight is 1660 g/mol. The Balaban J connectivity index is 0.000000419. The summed E-state index contributed by atoms with van der Waals surface area (Å²) in [5.41, 5.74) is 23.5. The van der Waals surface area contributed by atoms with Gasteiger partial charge in [-0.05, 0) is 76.2 Å². The summed E-state index contributed by atoms with van der Waals surface area (Å²) in [6.45, 7) is 22.5. The SMILES string of the molecule is CC(C)(C)OC(=O)NCCN(CC(=O)O)C(=O)Cn1cnc2c(NCCC[N+](C)(C)C)nc(N)nc21.CCOC(=O)CN(CCNC(=O)OC(C)(C)C)C(=O)Cn1cnc2c(N)nc(N)nc21.CCOC(=O)CN(CCNC(=O)OC(C)(C)C)C(=O)Cn1cnc2c(NCCC[N+](C)(C)C)nc(N)nc21.C[N+](C)(C)CCCBr. The topological polar surface area (TPSA) is 525 Å². The molecule has 6 amide bonds. The van der Waals surface area contributed by atoms with Crippen LogP contribution in [0.1, 0.15) is 95.4 Å². The zero-order chi connectivity index (χ0) is 85.4. The second-order valence-corrected chi connectivity index (χ2v) is 32.6. The smallest absolute Gasteiger partial charge is 0.407 e. The minimum atomic E-state index is -1.18. The number of aliphatic carboxylic acids is 1. The highest BCUT2D eigenvalue weighted by Gasteiger charge is 2.27. The predicted octanol–water partition coefficient (Wildman–Crippen LogP) is 2.57. The largest absolute Gasteiger partial charge is 0.480 e. The number of carboxylic acids is 1. The van der Waals surface area contributed by atoms with Crippen LogP contribution < -0.4 is 49.5 Å². The third-order valence-corrected chi connectivity index (χ3v) is 15.3. The molecule has 0 aliphatic rings. The van der Waals surface area contributed by atoms with Crippen LogP contribution in [-0.2, 0) is 72.1 Å². The number of nitrogens with two attached hydrogens (primary N) is 4. The maximum absolute atomic E-state index is 13.2. The molecule has 14 N–H and O–H groups in total. The van der Waals surface area contributed by atoms with E-state index in [0.717, 1.165) is 49.6 Å². The number of alkyl carbamates (subject to hydrolysis) is 3. The molecule has 0 atom stereocenters. The van der Waals surface area contributed by atoms with E-state index in [-0.39, 0.29) is 109 Å². The molecule has 6 heterocycles. The number of hydrogen-bond donors (Lipinski definition) is 10. The molecule has 632 valence electrons. The molecule has 0 saturated heterocycles. The van der Waals surface area contributed by atoms with Crippen molar-refractivity contribution >= 4 is 139 Å². The highest BCUT2D eigenvalue weighted by molar-refractivity contribution is 9.09. The Hall–Kier alpha value is -10.6. The van der Waals surface area contributed by atoms with Gasteiger partial charge in [-0.1, -0.05) is 15.9 Å². The number of aromatic nitrogens is 12. The molecule has 42 nitrogen and oxygen atoms in total. The van der Waals surface area contributed by atoms with E-state index in [9.17, 15) is 48.3 Å². The summed E-state index contributed by atoms with van der Waals surface area (Å²) in [7, 11) is 19.3. The van der Waals surface area contributed by atoms with Crippen LogP contribution in [0.3, 0.4) is 0 Å². The molecule has 0 aliphatic heterocycles. The number of nitrogens with one attached hydrogen (secondary N) is 5. The number of anilines is 6. The predicted molar refractivity (Wildman–Crippen MR) is 430 cm³/mol. The van der Waals surface area contributed by atoms with E-state index in [0.29, 0.717) is 58.2 Å². The fraction of sp³-hybridized carbons (Fsp3) is 0.657. The lowest BCUT2D eigenvalue weighted by Crippen LogP contribution is -2.44. The number of halogens is 1. The Morgan fingerprint density at radius 2 is 0.752 bits per heavy atom. The number of hydrogen-bond acceptors (Lipinski definition) is 29. The molecule has 6 aromatic heterocycles. The van der Waals surface area contributed by atoms with Crippen molar-refractivity contribution in [1.29, 1.82) is 0 Å². The number of carbonyl (C=O) groups excluding carboxylic acids is 8. The number of amides is 6. The van der Waals surface area contributed by atoms with E-state index in [1.165, 1.54) is 50.9 Å². The number of fused-ring (bicyclic) bond motifs is 3. The van der Waals surface area contributed by atoms with Crippen LogP contribution in [0.25, 0.3) is 33.5 Å².